The summed E-state index contributed by atoms with van der Waals surface area (Å²) in [4.78, 5) is 17.2. The fourth-order valence-corrected chi connectivity index (χ4v) is 2.28. The van der Waals surface area contributed by atoms with E-state index in [-0.39, 0.29) is 0 Å². The fourth-order valence-electron chi connectivity index (χ4n) is 1.67. The van der Waals surface area contributed by atoms with E-state index < -0.39 is 6.03 Å². The molecule has 0 unspecified atom stereocenters. The molecule has 0 spiro atoms. The molecule has 0 radical (unpaired) electrons. The highest BCUT2D eigenvalue weighted by molar-refractivity contribution is 7.09. The second-order valence-electron chi connectivity index (χ2n) is 3.87. The molecule has 2 N–H and O–H groups in total. The van der Waals surface area contributed by atoms with Gasteiger partial charge in [0.05, 0.1) is 6.54 Å². The molecule has 0 atom stereocenters. The van der Waals surface area contributed by atoms with Crippen LogP contribution in [-0.2, 0) is 13.0 Å². The smallest absolute Gasteiger partial charge is 0.319 e. The molecular formula is C13H15N3OS. The van der Waals surface area contributed by atoms with Crippen LogP contribution >= 0.6 is 11.3 Å². The molecule has 94 valence electrons. The van der Waals surface area contributed by atoms with Gasteiger partial charge in [0.1, 0.15) is 5.01 Å². The van der Waals surface area contributed by atoms with Crippen LogP contribution in [0.15, 0.2) is 35.8 Å². The van der Waals surface area contributed by atoms with Crippen molar-refractivity contribution in [3.05, 3.63) is 46.4 Å². The quantitative estimate of drug-likeness (QED) is 0.920. The molecule has 2 amide bonds. The normalized spacial score (nSPS) is 10.3. The Labute approximate surface area is 110 Å². The molecule has 0 aliphatic carbocycles. The predicted octanol–water partition coefficient (Wildman–Crippen LogP) is 2.79. The van der Waals surface area contributed by atoms with Crippen LogP contribution in [0.3, 0.4) is 0 Å². The van der Waals surface area contributed by atoms with Crippen molar-refractivity contribution in [3.63, 3.8) is 0 Å². The first-order valence-corrected chi connectivity index (χ1v) is 6.63. The van der Waals surface area contributed by atoms with Gasteiger partial charge in [-0.3, -0.25) is 4.90 Å². The second-order valence-corrected chi connectivity index (χ2v) is 4.85. The number of hydrogen-bond acceptors (Lipinski definition) is 3. The molecule has 0 bridgehead atoms. The van der Waals surface area contributed by atoms with Crippen molar-refractivity contribution in [2.45, 2.75) is 19.9 Å². The van der Waals surface area contributed by atoms with Crippen molar-refractivity contribution in [1.29, 1.82) is 0 Å². The summed E-state index contributed by atoms with van der Waals surface area (Å²) in [5.41, 5.74) is 7.45. The maximum Gasteiger partial charge on any atom is 0.319 e. The number of amides is 2. The van der Waals surface area contributed by atoms with E-state index in [1.165, 1.54) is 21.8 Å². The Morgan fingerprint density at radius 1 is 1.39 bits per heavy atom. The molecule has 1 aromatic carbocycles. The van der Waals surface area contributed by atoms with Crippen LogP contribution < -0.4 is 10.6 Å². The van der Waals surface area contributed by atoms with Crippen molar-refractivity contribution in [1.82, 2.24) is 4.98 Å². The Balaban J connectivity index is 2.21. The topological polar surface area (TPSA) is 59.2 Å². The number of hydrogen-bond donors (Lipinski definition) is 1. The summed E-state index contributed by atoms with van der Waals surface area (Å²) in [5, 5.41) is 2.75. The minimum atomic E-state index is -0.463. The van der Waals surface area contributed by atoms with E-state index in [1.807, 2.05) is 29.6 Å². The number of thiazole rings is 1. The molecule has 2 rings (SSSR count). The molecular weight excluding hydrogens is 246 g/mol. The van der Waals surface area contributed by atoms with Crippen LogP contribution in [0.5, 0.6) is 0 Å². The summed E-state index contributed by atoms with van der Waals surface area (Å²) in [6.45, 7) is 2.51. The maximum atomic E-state index is 11.5. The van der Waals surface area contributed by atoms with Gasteiger partial charge >= 0.3 is 6.03 Å². The summed E-state index contributed by atoms with van der Waals surface area (Å²) in [7, 11) is 0. The lowest BCUT2D eigenvalue weighted by molar-refractivity contribution is 0.253. The van der Waals surface area contributed by atoms with Gasteiger partial charge < -0.3 is 5.73 Å². The van der Waals surface area contributed by atoms with Crippen molar-refractivity contribution < 1.29 is 4.79 Å². The van der Waals surface area contributed by atoms with Gasteiger partial charge in [-0.2, -0.15) is 0 Å². The van der Waals surface area contributed by atoms with E-state index in [0.717, 1.165) is 17.1 Å². The van der Waals surface area contributed by atoms with E-state index in [4.69, 9.17) is 5.73 Å². The number of anilines is 1. The number of carbonyl (C=O) groups is 1. The van der Waals surface area contributed by atoms with Gasteiger partial charge in [-0.05, 0) is 24.1 Å². The predicted molar refractivity (Wildman–Crippen MR) is 73.7 cm³/mol. The van der Waals surface area contributed by atoms with Crippen LogP contribution in [0.2, 0.25) is 0 Å². The number of benzene rings is 1. The number of aromatic nitrogens is 1. The molecule has 5 heteroatoms. The van der Waals surface area contributed by atoms with Crippen LogP contribution in [0.1, 0.15) is 17.5 Å². The molecule has 0 aliphatic heterocycles. The third-order valence-corrected chi connectivity index (χ3v) is 3.46. The SMILES string of the molecule is CCc1ccc(N(Cc2nccs2)C(N)=O)cc1. The zero-order chi connectivity index (χ0) is 13.0. The number of rotatable bonds is 4. The summed E-state index contributed by atoms with van der Waals surface area (Å²) in [5.74, 6) is 0. The lowest BCUT2D eigenvalue weighted by Gasteiger charge is -2.19. The zero-order valence-electron chi connectivity index (χ0n) is 10.2. The standard InChI is InChI=1S/C13H15N3OS/c1-2-10-3-5-11(6-4-10)16(13(14)17)9-12-15-7-8-18-12/h3-8H,2,9H2,1H3,(H2,14,17). The highest BCUT2D eigenvalue weighted by Gasteiger charge is 2.14. The Morgan fingerprint density at radius 2 is 2.11 bits per heavy atom. The third-order valence-electron chi connectivity index (χ3n) is 2.70. The maximum absolute atomic E-state index is 11.5. The first-order chi connectivity index (χ1) is 8.70. The minimum absolute atomic E-state index is 0.415. The average molecular weight is 261 g/mol. The zero-order valence-corrected chi connectivity index (χ0v) is 11.0. The molecule has 0 saturated heterocycles. The Hall–Kier alpha value is -1.88. The van der Waals surface area contributed by atoms with Crippen LogP contribution in [-0.4, -0.2) is 11.0 Å². The highest BCUT2D eigenvalue weighted by Crippen LogP contribution is 2.19. The second kappa shape index (κ2) is 5.64. The van der Waals surface area contributed by atoms with E-state index in [9.17, 15) is 4.79 Å². The Kier molecular flexibility index (Phi) is 3.94. The Bertz CT molecular complexity index is 508. The third kappa shape index (κ3) is 2.87. The number of primary amides is 1. The van der Waals surface area contributed by atoms with Gasteiger partial charge in [-0.1, -0.05) is 19.1 Å². The van der Waals surface area contributed by atoms with Crippen LogP contribution in [0, 0.1) is 0 Å². The van der Waals surface area contributed by atoms with Crippen molar-refractivity contribution in [2.24, 2.45) is 5.73 Å². The number of nitrogens with zero attached hydrogens (tertiary/aromatic N) is 2. The molecule has 18 heavy (non-hydrogen) atoms. The number of urea groups is 1. The van der Waals surface area contributed by atoms with Gasteiger partial charge in [-0.25, -0.2) is 9.78 Å². The molecule has 0 saturated carbocycles. The van der Waals surface area contributed by atoms with E-state index in [1.54, 1.807) is 6.20 Å². The Morgan fingerprint density at radius 3 is 2.61 bits per heavy atom. The first kappa shape index (κ1) is 12.6. The summed E-state index contributed by atoms with van der Waals surface area (Å²) in [6.07, 6.45) is 2.70. The number of nitrogens with two attached hydrogens (primary N) is 1. The van der Waals surface area contributed by atoms with Gasteiger partial charge in [0.15, 0.2) is 0 Å². The summed E-state index contributed by atoms with van der Waals surface area (Å²) >= 11 is 1.51. The molecule has 2 aromatic rings. The van der Waals surface area contributed by atoms with Crippen molar-refractivity contribution >= 4 is 23.1 Å². The highest BCUT2D eigenvalue weighted by atomic mass is 32.1. The number of carbonyl (C=O) groups excluding carboxylic acids is 1. The molecule has 1 aromatic heterocycles. The molecule has 0 aliphatic rings. The lowest BCUT2D eigenvalue weighted by atomic mass is 10.1. The number of aryl methyl sites for hydroxylation is 1. The molecule has 4 nitrogen and oxygen atoms in total. The van der Waals surface area contributed by atoms with Crippen molar-refractivity contribution in [3.8, 4) is 0 Å². The van der Waals surface area contributed by atoms with E-state index in [2.05, 4.69) is 11.9 Å². The van der Waals surface area contributed by atoms with E-state index >= 15 is 0 Å². The largest absolute Gasteiger partial charge is 0.351 e. The first-order valence-electron chi connectivity index (χ1n) is 5.75. The monoisotopic (exact) mass is 261 g/mol. The molecule has 1 heterocycles. The molecule has 0 fully saturated rings. The fraction of sp³-hybridized carbons (Fsp3) is 0.231. The van der Waals surface area contributed by atoms with Crippen LogP contribution in [0.4, 0.5) is 10.5 Å². The van der Waals surface area contributed by atoms with Gasteiger partial charge in [0.2, 0.25) is 0 Å². The van der Waals surface area contributed by atoms with Crippen molar-refractivity contribution in [2.75, 3.05) is 4.90 Å². The van der Waals surface area contributed by atoms with Gasteiger partial charge in [0, 0.05) is 17.3 Å². The average Bonchev–Trinajstić information content (AvgIpc) is 2.89. The van der Waals surface area contributed by atoms with Gasteiger partial charge in [0.25, 0.3) is 0 Å². The summed E-state index contributed by atoms with van der Waals surface area (Å²) in [6, 6.07) is 7.38. The minimum Gasteiger partial charge on any atom is -0.351 e. The van der Waals surface area contributed by atoms with Crippen LogP contribution in [0.25, 0.3) is 0 Å². The summed E-state index contributed by atoms with van der Waals surface area (Å²) < 4.78 is 0. The van der Waals surface area contributed by atoms with E-state index in [0.29, 0.717) is 6.54 Å². The lowest BCUT2D eigenvalue weighted by Crippen LogP contribution is -2.35. The van der Waals surface area contributed by atoms with Gasteiger partial charge in [-0.15, -0.1) is 11.3 Å².